The first-order chi connectivity index (χ1) is 4.34. The number of allylic oxidation sites excluding steroid dienone is 1. The number of aliphatic hydroxyl groups is 1. The molecule has 5 heteroatoms. The summed E-state index contributed by atoms with van der Waals surface area (Å²) in [5.41, 5.74) is 0. The Hall–Kier alpha value is -0.520. The smallest absolute Gasteiger partial charge is 0.180 e. The van der Waals surface area contributed by atoms with Crippen LogP contribution in [-0.2, 0) is 11.4 Å². The minimum absolute atomic E-state index is 0.312. The fourth-order valence-corrected chi connectivity index (χ4v) is 1.03. The van der Waals surface area contributed by atoms with E-state index in [4.69, 9.17) is 5.11 Å². The number of hydrogen-bond donors (Lipinski definition) is 1. The van der Waals surface area contributed by atoms with Crippen LogP contribution in [0.15, 0.2) is 16.6 Å². The van der Waals surface area contributed by atoms with Gasteiger partial charge in [0.15, 0.2) is 6.73 Å². The molecule has 50 valence electrons. The zero-order valence-electron chi connectivity index (χ0n) is 4.60. The van der Waals surface area contributed by atoms with Gasteiger partial charge in [-0.1, -0.05) is 4.41 Å². The quantitative estimate of drug-likeness (QED) is 0.503. The van der Waals surface area contributed by atoms with Gasteiger partial charge in [0.05, 0.1) is 6.21 Å². The topological polar surface area (TPSA) is 58.9 Å². The van der Waals surface area contributed by atoms with Gasteiger partial charge in [-0.25, -0.2) is 0 Å². The largest absolute Gasteiger partial charge is 0.587 e. The van der Waals surface area contributed by atoms with Crippen molar-refractivity contribution in [3.05, 3.63) is 11.5 Å². The zero-order valence-corrected chi connectivity index (χ0v) is 5.41. The highest BCUT2D eigenvalue weighted by molar-refractivity contribution is 7.92. The van der Waals surface area contributed by atoms with E-state index in [9.17, 15) is 4.55 Å². The van der Waals surface area contributed by atoms with Crippen LogP contribution in [0.3, 0.4) is 0 Å². The summed E-state index contributed by atoms with van der Waals surface area (Å²) in [4.78, 5) is 0. The lowest BCUT2D eigenvalue weighted by Crippen LogP contribution is -2.26. The molecule has 0 amide bonds. The third kappa shape index (κ3) is 1.44. The highest BCUT2D eigenvalue weighted by Gasteiger charge is 2.13. The van der Waals surface area contributed by atoms with Crippen molar-refractivity contribution in [3.8, 4) is 0 Å². The lowest BCUT2D eigenvalue weighted by atomic mass is 10.7. The van der Waals surface area contributed by atoms with E-state index in [1.54, 1.807) is 6.08 Å². The standard InChI is InChI=1S/C4H6N2O2S/c7-4-6-5-2-1-3-9(6)8/h1-3,7H,4H2. The van der Waals surface area contributed by atoms with Crippen LogP contribution in [0.25, 0.3) is 0 Å². The average molecular weight is 146 g/mol. The van der Waals surface area contributed by atoms with Crippen molar-refractivity contribution in [1.82, 2.24) is 4.41 Å². The highest BCUT2D eigenvalue weighted by atomic mass is 32.2. The van der Waals surface area contributed by atoms with E-state index in [1.165, 1.54) is 11.6 Å². The number of hydrazone groups is 1. The summed E-state index contributed by atoms with van der Waals surface area (Å²) in [6, 6.07) is 0. The second-order valence-corrected chi connectivity index (χ2v) is 2.61. The third-order valence-corrected chi connectivity index (χ3v) is 1.82. The summed E-state index contributed by atoms with van der Waals surface area (Å²) < 4.78 is 11.8. The molecule has 0 fully saturated rings. The minimum Gasteiger partial charge on any atom is -0.587 e. The molecule has 1 rings (SSSR count). The molecule has 1 atom stereocenters. The van der Waals surface area contributed by atoms with Crippen molar-refractivity contribution in [2.24, 2.45) is 5.10 Å². The van der Waals surface area contributed by atoms with Crippen LogP contribution in [0.4, 0.5) is 0 Å². The minimum atomic E-state index is -1.27. The monoisotopic (exact) mass is 146 g/mol. The molecular formula is C4H6N2O2S. The van der Waals surface area contributed by atoms with Crippen LogP contribution in [0, 0.1) is 0 Å². The zero-order chi connectivity index (χ0) is 6.69. The molecule has 0 aromatic heterocycles. The van der Waals surface area contributed by atoms with E-state index in [0.29, 0.717) is 0 Å². The van der Waals surface area contributed by atoms with Gasteiger partial charge in [-0.3, -0.25) is 0 Å². The van der Waals surface area contributed by atoms with E-state index in [2.05, 4.69) is 5.10 Å². The van der Waals surface area contributed by atoms with Crippen molar-refractivity contribution < 1.29 is 9.66 Å². The average Bonchev–Trinajstić information content (AvgIpc) is 1.89. The molecule has 1 unspecified atom stereocenters. The maximum atomic E-state index is 10.7. The molecule has 0 aromatic carbocycles. The molecule has 1 aliphatic heterocycles. The molecule has 0 saturated carbocycles. The Labute approximate surface area is 55.8 Å². The number of rotatable bonds is 1. The number of hydrogen-bond acceptors (Lipinski definition) is 4. The van der Waals surface area contributed by atoms with Crippen LogP contribution >= 0.6 is 0 Å². The SMILES string of the molecule is [O-][S+]1C=CC=NN1CO. The molecule has 0 aliphatic carbocycles. The van der Waals surface area contributed by atoms with Crippen molar-refractivity contribution in [1.29, 1.82) is 0 Å². The summed E-state index contributed by atoms with van der Waals surface area (Å²) in [6.07, 6.45) is 3.04. The third-order valence-electron chi connectivity index (χ3n) is 0.805. The first-order valence-electron chi connectivity index (χ1n) is 2.34. The van der Waals surface area contributed by atoms with E-state index in [-0.39, 0.29) is 6.73 Å². The number of aliphatic hydroxyl groups excluding tert-OH is 1. The van der Waals surface area contributed by atoms with Crippen molar-refractivity contribution in [2.45, 2.75) is 0 Å². The first kappa shape index (κ1) is 6.60. The molecule has 0 spiro atoms. The summed E-state index contributed by atoms with van der Waals surface area (Å²) >= 11 is -1.27. The van der Waals surface area contributed by atoms with Gasteiger partial charge in [-0.15, -0.1) is 5.10 Å². The van der Waals surface area contributed by atoms with Gasteiger partial charge >= 0.3 is 0 Å². The Balaban J connectivity index is 2.55. The van der Waals surface area contributed by atoms with Gasteiger partial charge in [-0.05, 0) is 0 Å². The van der Waals surface area contributed by atoms with Crippen molar-refractivity contribution in [2.75, 3.05) is 6.73 Å². The van der Waals surface area contributed by atoms with Gasteiger partial charge in [0.25, 0.3) is 0 Å². The van der Waals surface area contributed by atoms with E-state index in [0.717, 1.165) is 4.41 Å². The number of nitrogens with zero attached hydrogens (tertiary/aromatic N) is 2. The Morgan fingerprint density at radius 3 is 3.00 bits per heavy atom. The lowest BCUT2D eigenvalue weighted by molar-refractivity contribution is 0.184. The lowest BCUT2D eigenvalue weighted by Gasteiger charge is -2.16. The van der Waals surface area contributed by atoms with Gasteiger partial charge in [0.1, 0.15) is 16.8 Å². The second kappa shape index (κ2) is 2.86. The van der Waals surface area contributed by atoms with Gasteiger partial charge in [0.2, 0.25) is 0 Å². The van der Waals surface area contributed by atoms with E-state index in [1.807, 2.05) is 0 Å². The predicted octanol–water partition coefficient (Wildman–Crippen LogP) is -0.585. The summed E-state index contributed by atoms with van der Waals surface area (Å²) in [6.45, 7) is -0.312. The summed E-state index contributed by atoms with van der Waals surface area (Å²) in [5.74, 6) is 0. The molecule has 9 heavy (non-hydrogen) atoms. The van der Waals surface area contributed by atoms with E-state index < -0.39 is 11.4 Å². The van der Waals surface area contributed by atoms with Crippen LogP contribution in [0.2, 0.25) is 0 Å². The van der Waals surface area contributed by atoms with Gasteiger partial charge in [-0.2, -0.15) is 0 Å². The molecule has 0 aromatic rings. The predicted molar refractivity (Wildman–Crippen MR) is 34.7 cm³/mol. The second-order valence-electron chi connectivity index (χ2n) is 1.36. The fraction of sp³-hybridized carbons (Fsp3) is 0.250. The maximum absolute atomic E-state index is 10.7. The molecule has 0 bridgehead atoms. The Kier molecular flexibility index (Phi) is 2.10. The molecule has 1 heterocycles. The van der Waals surface area contributed by atoms with Crippen LogP contribution < -0.4 is 0 Å². The molecule has 0 radical (unpaired) electrons. The molecule has 1 aliphatic rings. The molecule has 0 saturated heterocycles. The van der Waals surface area contributed by atoms with Crippen LogP contribution in [-0.4, -0.2) is 27.0 Å². The summed E-state index contributed by atoms with van der Waals surface area (Å²) in [7, 11) is 0. The summed E-state index contributed by atoms with van der Waals surface area (Å²) in [5, 5.41) is 13.5. The van der Waals surface area contributed by atoms with Crippen LogP contribution in [0.1, 0.15) is 0 Å². The molecule has 1 N–H and O–H groups in total. The van der Waals surface area contributed by atoms with Crippen molar-refractivity contribution in [3.63, 3.8) is 0 Å². The Bertz CT molecular complexity index is 148. The first-order valence-corrected chi connectivity index (χ1v) is 3.51. The van der Waals surface area contributed by atoms with Crippen molar-refractivity contribution >= 4 is 17.6 Å². The molecule has 4 nitrogen and oxygen atoms in total. The Morgan fingerprint density at radius 1 is 1.78 bits per heavy atom. The maximum Gasteiger partial charge on any atom is 0.180 e. The van der Waals surface area contributed by atoms with E-state index >= 15 is 0 Å². The van der Waals surface area contributed by atoms with Crippen LogP contribution in [0.5, 0.6) is 0 Å². The van der Waals surface area contributed by atoms with Gasteiger partial charge in [0, 0.05) is 6.08 Å². The highest BCUT2D eigenvalue weighted by Crippen LogP contribution is 2.04. The van der Waals surface area contributed by atoms with Gasteiger partial charge < -0.3 is 9.66 Å². The molecular weight excluding hydrogens is 140 g/mol. The normalized spacial score (nSPS) is 25.1. The Morgan fingerprint density at radius 2 is 2.56 bits per heavy atom. The fourth-order valence-electron chi connectivity index (χ4n) is 0.425.